The molecular formula is C21H35IN4O2S. The molecule has 164 valence electrons. The van der Waals surface area contributed by atoms with Crippen LogP contribution >= 0.6 is 35.3 Å². The summed E-state index contributed by atoms with van der Waals surface area (Å²) >= 11 is 1.75. The maximum Gasteiger partial charge on any atom is 0.410 e. The van der Waals surface area contributed by atoms with Crippen LogP contribution in [0.5, 0.6) is 0 Å². The van der Waals surface area contributed by atoms with Crippen LogP contribution in [0.3, 0.4) is 0 Å². The molecule has 2 heterocycles. The van der Waals surface area contributed by atoms with E-state index in [-0.39, 0.29) is 36.1 Å². The summed E-state index contributed by atoms with van der Waals surface area (Å²) in [5.74, 6) is 1.60. The van der Waals surface area contributed by atoms with Crippen LogP contribution in [0.2, 0.25) is 0 Å². The second-order valence-electron chi connectivity index (χ2n) is 8.77. The number of ether oxygens (including phenoxy) is 1. The van der Waals surface area contributed by atoms with Crippen LogP contribution < -0.4 is 5.32 Å². The van der Waals surface area contributed by atoms with E-state index in [1.807, 2.05) is 32.7 Å². The van der Waals surface area contributed by atoms with E-state index in [1.54, 1.807) is 11.3 Å². The molecular weight excluding hydrogens is 499 g/mol. The number of piperidine rings is 1. The minimum absolute atomic E-state index is 0. The number of nitrogens with zero attached hydrogens (tertiary/aromatic N) is 3. The zero-order chi connectivity index (χ0) is 20.1. The average Bonchev–Trinajstić information content (AvgIpc) is 3.32. The number of hydrogen-bond acceptors (Lipinski definition) is 4. The van der Waals surface area contributed by atoms with Crippen LogP contribution in [0.25, 0.3) is 0 Å². The van der Waals surface area contributed by atoms with Gasteiger partial charge in [-0.2, -0.15) is 0 Å². The van der Waals surface area contributed by atoms with Gasteiger partial charge in [0.15, 0.2) is 5.96 Å². The molecule has 0 atom stereocenters. The Labute approximate surface area is 196 Å². The smallest absolute Gasteiger partial charge is 0.410 e. The number of thiophene rings is 1. The van der Waals surface area contributed by atoms with E-state index < -0.39 is 5.60 Å². The number of carbonyl (C=O) groups excluding carboxylic acids is 1. The Morgan fingerprint density at radius 2 is 2.00 bits per heavy atom. The molecule has 2 fully saturated rings. The molecule has 8 heteroatoms. The van der Waals surface area contributed by atoms with Crippen LogP contribution in [0.15, 0.2) is 22.5 Å². The molecule has 1 N–H and O–H groups in total. The lowest BCUT2D eigenvalue weighted by molar-refractivity contribution is 0.00928. The highest BCUT2D eigenvalue weighted by atomic mass is 127. The number of hydrogen-bond donors (Lipinski definition) is 1. The molecule has 1 amide bonds. The molecule has 1 aromatic rings. The predicted octanol–water partition coefficient (Wildman–Crippen LogP) is 4.55. The fraction of sp³-hybridized carbons (Fsp3) is 0.714. The van der Waals surface area contributed by atoms with Gasteiger partial charge in [0, 0.05) is 37.6 Å². The minimum Gasteiger partial charge on any atom is -0.444 e. The van der Waals surface area contributed by atoms with Crippen molar-refractivity contribution >= 4 is 47.4 Å². The molecule has 1 aliphatic carbocycles. The maximum absolute atomic E-state index is 12.8. The SMILES string of the molecule is CN=C(NCc1cccs1)N1CCC(N(CC2CC2)C(=O)OC(C)(C)C)CC1.I. The van der Waals surface area contributed by atoms with E-state index in [1.165, 1.54) is 17.7 Å². The van der Waals surface area contributed by atoms with Crippen molar-refractivity contribution in [3.8, 4) is 0 Å². The highest BCUT2D eigenvalue weighted by molar-refractivity contribution is 14.0. The van der Waals surface area contributed by atoms with Crippen LogP contribution in [0, 0.1) is 5.92 Å². The van der Waals surface area contributed by atoms with Crippen molar-refractivity contribution in [3.63, 3.8) is 0 Å². The maximum atomic E-state index is 12.8. The van der Waals surface area contributed by atoms with E-state index >= 15 is 0 Å². The lowest BCUT2D eigenvalue weighted by Gasteiger charge is -2.40. The van der Waals surface area contributed by atoms with Gasteiger partial charge in [-0.1, -0.05) is 6.07 Å². The summed E-state index contributed by atoms with van der Waals surface area (Å²) < 4.78 is 5.70. The van der Waals surface area contributed by atoms with E-state index in [0.717, 1.165) is 45.0 Å². The van der Waals surface area contributed by atoms with Crippen LogP contribution in [-0.4, -0.2) is 60.2 Å². The van der Waals surface area contributed by atoms with Gasteiger partial charge in [-0.25, -0.2) is 4.79 Å². The molecule has 0 spiro atoms. The second kappa shape index (κ2) is 10.8. The average molecular weight is 535 g/mol. The van der Waals surface area contributed by atoms with Gasteiger partial charge < -0.3 is 19.9 Å². The molecule has 29 heavy (non-hydrogen) atoms. The number of aliphatic imine (C=N–C) groups is 1. The Morgan fingerprint density at radius 3 is 2.52 bits per heavy atom. The zero-order valence-electron chi connectivity index (χ0n) is 18.0. The van der Waals surface area contributed by atoms with E-state index in [0.29, 0.717) is 5.92 Å². The van der Waals surface area contributed by atoms with Gasteiger partial charge in [-0.15, -0.1) is 35.3 Å². The fourth-order valence-corrected chi connectivity index (χ4v) is 4.22. The molecule has 1 saturated heterocycles. The van der Waals surface area contributed by atoms with Crippen molar-refractivity contribution in [2.24, 2.45) is 10.9 Å². The highest BCUT2D eigenvalue weighted by Crippen LogP contribution is 2.32. The van der Waals surface area contributed by atoms with Gasteiger partial charge in [-0.3, -0.25) is 4.99 Å². The Hall–Kier alpha value is -1.03. The van der Waals surface area contributed by atoms with Gasteiger partial charge in [-0.05, 0) is 63.8 Å². The summed E-state index contributed by atoms with van der Waals surface area (Å²) in [6.45, 7) is 9.25. The topological polar surface area (TPSA) is 57.2 Å². The van der Waals surface area contributed by atoms with E-state index in [9.17, 15) is 4.79 Å². The van der Waals surface area contributed by atoms with Gasteiger partial charge >= 0.3 is 6.09 Å². The number of carbonyl (C=O) groups is 1. The molecule has 0 unspecified atom stereocenters. The predicted molar refractivity (Wildman–Crippen MR) is 130 cm³/mol. The van der Waals surface area contributed by atoms with Crippen LogP contribution in [0.1, 0.15) is 51.3 Å². The third kappa shape index (κ3) is 7.62. The number of halogens is 1. The Balaban J connectivity index is 0.00000300. The van der Waals surface area contributed by atoms with E-state index in [4.69, 9.17) is 4.74 Å². The largest absolute Gasteiger partial charge is 0.444 e. The van der Waals surface area contributed by atoms with Crippen molar-refractivity contribution in [1.29, 1.82) is 0 Å². The summed E-state index contributed by atoms with van der Waals surface area (Å²) in [7, 11) is 1.84. The van der Waals surface area contributed by atoms with Crippen molar-refractivity contribution in [3.05, 3.63) is 22.4 Å². The van der Waals surface area contributed by atoms with E-state index in [2.05, 4.69) is 32.7 Å². The standard InChI is InChI=1S/C21H34N4O2S.HI/c1-21(2,3)27-20(26)25(15-16-7-8-16)17-9-11-24(12-10-17)19(22-4)23-14-18-6-5-13-28-18;/h5-6,13,16-17H,7-12,14-15H2,1-4H3,(H,22,23);1H. The number of likely N-dealkylation sites (tertiary alicyclic amines) is 1. The first-order valence-corrected chi connectivity index (χ1v) is 11.2. The minimum atomic E-state index is -0.451. The fourth-order valence-electron chi connectivity index (χ4n) is 3.57. The molecule has 0 bridgehead atoms. The number of guanidine groups is 1. The summed E-state index contributed by atoms with van der Waals surface area (Å²) in [6.07, 6.45) is 4.21. The molecule has 6 nitrogen and oxygen atoms in total. The molecule has 3 rings (SSSR count). The van der Waals surface area contributed by atoms with Gasteiger partial charge in [0.2, 0.25) is 0 Å². The van der Waals surface area contributed by atoms with Crippen molar-refractivity contribution in [2.45, 2.75) is 64.6 Å². The highest BCUT2D eigenvalue weighted by Gasteiger charge is 2.35. The van der Waals surface area contributed by atoms with Crippen molar-refractivity contribution in [1.82, 2.24) is 15.1 Å². The summed E-state index contributed by atoms with van der Waals surface area (Å²) in [5.41, 5.74) is -0.451. The molecule has 1 aromatic heterocycles. The third-order valence-corrected chi connectivity index (χ3v) is 6.07. The van der Waals surface area contributed by atoms with Crippen molar-refractivity contribution < 1.29 is 9.53 Å². The summed E-state index contributed by atoms with van der Waals surface area (Å²) in [6, 6.07) is 4.46. The lowest BCUT2D eigenvalue weighted by Crippen LogP contribution is -2.52. The molecule has 0 aromatic carbocycles. The molecule has 1 saturated carbocycles. The van der Waals surface area contributed by atoms with Crippen LogP contribution in [0.4, 0.5) is 4.79 Å². The summed E-state index contributed by atoms with van der Waals surface area (Å²) in [4.78, 5) is 22.8. The van der Waals surface area contributed by atoms with Crippen molar-refractivity contribution in [2.75, 3.05) is 26.7 Å². The monoisotopic (exact) mass is 534 g/mol. The van der Waals surface area contributed by atoms with Gasteiger partial charge in [0.1, 0.15) is 5.60 Å². The Morgan fingerprint density at radius 1 is 1.31 bits per heavy atom. The Kier molecular flexibility index (Phi) is 9.06. The molecule has 2 aliphatic rings. The first-order chi connectivity index (χ1) is 13.4. The van der Waals surface area contributed by atoms with Crippen LogP contribution in [-0.2, 0) is 11.3 Å². The number of amides is 1. The zero-order valence-corrected chi connectivity index (χ0v) is 21.2. The lowest BCUT2D eigenvalue weighted by atomic mass is 10.0. The number of nitrogens with one attached hydrogen (secondary N) is 1. The third-order valence-electron chi connectivity index (χ3n) is 5.20. The molecule has 0 radical (unpaired) electrons. The first-order valence-electron chi connectivity index (χ1n) is 10.3. The normalized spacial score (nSPS) is 18.2. The number of rotatable bonds is 5. The van der Waals surface area contributed by atoms with Gasteiger partial charge in [0.25, 0.3) is 0 Å². The second-order valence-corrected chi connectivity index (χ2v) is 9.81. The first kappa shape index (κ1) is 24.2. The Bertz CT molecular complexity index is 663. The molecule has 1 aliphatic heterocycles. The van der Waals surface area contributed by atoms with Gasteiger partial charge in [0.05, 0.1) is 6.54 Å². The quantitative estimate of drug-likeness (QED) is 0.342. The summed E-state index contributed by atoms with van der Waals surface area (Å²) in [5, 5.41) is 5.56.